The predicted octanol–water partition coefficient (Wildman–Crippen LogP) is 1.04. The summed E-state index contributed by atoms with van der Waals surface area (Å²) in [5.74, 6) is 1.93. The van der Waals surface area contributed by atoms with Crippen LogP contribution in [0, 0.1) is 0 Å². The number of amides is 1. The molecule has 1 unspecified atom stereocenters. The third kappa shape index (κ3) is 2.74. The van der Waals surface area contributed by atoms with Gasteiger partial charge in [0.1, 0.15) is 23.7 Å². The second kappa shape index (κ2) is 6.05. The molecule has 116 valence electrons. The highest BCUT2D eigenvalue weighted by Gasteiger charge is 2.23. The Morgan fingerprint density at radius 3 is 3.00 bits per heavy atom. The Balaban J connectivity index is 1.75. The average Bonchev–Trinajstić information content (AvgIpc) is 3.01. The fourth-order valence-corrected chi connectivity index (χ4v) is 2.61. The van der Waals surface area contributed by atoms with E-state index in [1.165, 1.54) is 0 Å². The van der Waals surface area contributed by atoms with Gasteiger partial charge < -0.3 is 14.8 Å². The van der Waals surface area contributed by atoms with Crippen LogP contribution < -0.4 is 14.8 Å². The van der Waals surface area contributed by atoms with E-state index < -0.39 is 0 Å². The molecule has 0 saturated carbocycles. The van der Waals surface area contributed by atoms with Crippen molar-refractivity contribution in [2.45, 2.75) is 25.4 Å². The first kappa shape index (κ1) is 14.4. The molecule has 1 aliphatic heterocycles. The van der Waals surface area contributed by atoms with Crippen molar-refractivity contribution in [3.8, 4) is 11.5 Å². The van der Waals surface area contributed by atoms with Gasteiger partial charge in [0, 0.05) is 12.5 Å². The van der Waals surface area contributed by atoms with E-state index in [1.807, 2.05) is 4.68 Å². The van der Waals surface area contributed by atoms with E-state index in [0.717, 1.165) is 18.7 Å². The molecule has 1 aliphatic rings. The largest absolute Gasteiger partial charge is 0.497 e. The summed E-state index contributed by atoms with van der Waals surface area (Å²) in [6.45, 7) is 0.632. The SMILES string of the molecule is COc1ccc(OC)c(C(=O)NC2CCc3ncnn3C2)c1. The van der Waals surface area contributed by atoms with E-state index in [0.29, 0.717) is 23.6 Å². The van der Waals surface area contributed by atoms with E-state index in [1.54, 1.807) is 38.7 Å². The molecule has 2 heterocycles. The van der Waals surface area contributed by atoms with Gasteiger partial charge in [-0.3, -0.25) is 4.79 Å². The maximum Gasteiger partial charge on any atom is 0.255 e. The second-order valence-corrected chi connectivity index (χ2v) is 5.13. The van der Waals surface area contributed by atoms with Gasteiger partial charge in [-0.25, -0.2) is 9.67 Å². The number of rotatable bonds is 4. The lowest BCUT2D eigenvalue weighted by Crippen LogP contribution is -2.41. The zero-order chi connectivity index (χ0) is 15.5. The van der Waals surface area contributed by atoms with E-state index in [2.05, 4.69) is 15.4 Å². The molecule has 1 atom stereocenters. The Kier molecular flexibility index (Phi) is 3.95. The van der Waals surface area contributed by atoms with E-state index in [4.69, 9.17) is 9.47 Å². The molecule has 0 spiro atoms. The van der Waals surface area contributed by atoms with Crippen LogP contribution in [0.15, 0.2) is 24.5 Å². The molecule has 7 heteroatoms. The van der Waals surface area contributed by atoms with Crippen molar-refractivity contribution in [2.75, 3.05) is 14.2 Å². The summed E-state index contributed by atoms with van der Waals surface area (Å²) >= 11 is 0. The summed E-state index contributed by atoms with van der Waals surface area (Å²) in [4.78, 5) is 16.7. The third-order valence-corrected chi connectivity index (χ3v) is 3.79. The van der Waals surface area contributed by atoms with Crippen LogP contribution in [0.3, 0.4) is 0 Å². The normalized spacial score (nSPS) is 16.7. The number of carbonyl (C=O) groups is 1. The number of hydrogen-bond acceptors (Lipinski definition) is 5. The van der Waals surface area contributed by atoms with Crippen LogP contribution >= 0.6 is 0 Å². The standard InChI is InChI=1S/C15H18N4O3/c1-21-11-4-5-13(22-2)12(7-11)15(20)18-10-3-6-14-16-9-17-19(14)8-10/h4-5,7,9-10H,3,6,8H2,1-2H3,(H,18,20). The average molecular weight is 302 g/mol. The lowest BCUT2D eigenvalue weighted by molar-refractivity contribution is 0.0923. The van der Waals surface area contributed by atoms with Crippen LogP contribution in [0.25, 0.3) is 0 Å². The Morgan fingerprint density at radius 2 is 2.23 bits per heavy atom. The van der Waals surface area contributed by atoms with Gasteiger partial charge in [-0.1, -0.05) is 0 Å². The molecule has 1 N–H and O–H groups in total. The predicted molar refractivity (Wildman–Crippen MR) is 79.1 cm³/mol. The molecule has 1 amide bonds. The summed E-state index contributed by atoms with van der Waals surface area (Å²) in [5.41, 5.74) is 0.464. The molecule has 0 bridgehead atoms. The van der Waals surface area contributed by atoms with Crippen LogP contribution in [0.4, 0.5) is 0 Å². The van der Waals surface area contributed by atoms with Crippen LogP contribution in [0.5, 0.6) is 11.5 Å². The van der Waals surface area contributed by atoms with Crippen molar-refractivity contribution in [3.63, 3.8) is 0 Å². The first-order valence-electron chi connectivity index (χ1n) is 7.11. The van der Waals surface area contributed by atoms with Crippen molar-refractivity contribution < 1.29 is 14.3 Å². The van der Waals surface area contributed by atoms with Crippen molar-refractivity contribution in [1.29, 1.82) is 0 Å². The van der Waals surface area contributed by atoms with Gasteiger partial charge in [0.05, 0.1) is 26.3 Å². The topological polar surface area (TPSA) is 78.3 Å². The van der Waals surface area contributed by atoms with E-state index >= 15 is 0 Å². The highest BCUT2D eigenvalue weighted by Crippen LogP contribution is 2.24. The zero-order valence-corrected chi connectivity index (χ0v) is 12.6. The quantitative estimate of drug-likeness (QED) is 0.913. The first-order chi connectivity index (χ1) is 10.7. The molecular weight excluding hydrogens is 284 g/mol. The second-order valence-electron chi connectivity index (χ2n) is 5.13. The van der Waals surface area contributed by atoms with Gasteiger partial charge in [0.2, 0.25) is 0 Å². The van der Waals surface area contributed by atoms with E-state index in [9.17, 15) is 4.79 Å². The number of ether oxygens (including phenoxy) is 2. The molecule has 22 heavy (non-hydrogen) atoms. The van der Waals surface area contributed by atoms with Gasteiger partial charge in [0.15, 0.2) is 0 Å². The monoisotopic (exact) mass is 302 g/mol. The van der Waals surface area contributed by atoms with Crippen LogP contribution in [0.1, 0.15) is 22.6 Å². The minimum Gasteiger partial charge on any atom is -0.497 e. The summed E-state index contributed by atoms with van der Waals surface area (Å²) in [6.07, 6.45) is 3.20. The van der Waals surface area contributed by atoms with Gasteiger partial charge in [0.25, 0.3) is 5.91 Å². The van der Waals surface area contributed by atoms with Crippen molar-refractivity contribution in [3.05, 3.63) is 35.9 Å². The zero-order valence-electron chi connectivity index (χ0n) is 12.6. The summed E-state index contributed by atoms with van der Waals surface area (Å²) in [5, 5.41) is 7.19. The molecule has 0 saturated heterocycles. The van der Waals surface area contributed by atoms with Gasteiger partial charge in [-0.05, 0) is 24.6 Å². The molecule has 0 aliphatic carbocycles. The Morgan fingerprint density at radius 1 is 1.36 bits per heavy atom. The first-order valence-corrected chi connectivity index (χ1v) is 7.11. The summed E-state index contributed by atoms with van der Waals surface area (Å²) in [7, 11) is 3.11. The Bertz CT molecular complexity index is 683. The molecule has 2 aromatic rings. The summed E-state index contributed by atoms with van der Waals surface area (Å²) < 4.78 is 12.3. The molecule has 7 nitrogen and oxygen atoms in total. The number of methoxy groups -OCH3 is 2. The number of nitrogens with zero attached hydrogens (tertiary/aromatic N) is 3. The molecule has 0 radical (unpaired) electrons. The molecule has 1 aromatic carbocycles. The minimum atomic E-state index is -0.177. The maximum atomic E-state index is 12.5. The molecule has 3 rings (SSSR count). The lowest BCUT2D eigenvalue weighted by atomic mass is 10.1. The highest BCUT2D eigenvalue weighted by molar-refractivity contribution is 5.97. The number of carbonyl (C=O) groups excluding carboxylic acids is 1. The minimum absolute atomic E-state index is 0.0256. The van der Waals surface area contributed by atoms with E-state index in [-0.39, 0.29) is 11.9 Å². The number of hydrogen-bond donors (Lipinski definition) is 1. The molecule has 1 aromatic heterocycles. The number of aryl methyl sites for hydroxylation is 1. The van der Waals surface area contributed by atoms with Crippen molar-refractivity contribution in [2.24, 2.45) is 0 Å². The van der Waals surface area contributed by atoms with Crippen LogP contribution in [-0.4, -0.2) is 40.9 Å². The van der Waals surface area contributed by atoms with Gasteiger partial charge in [-0.15, -0.1) is 0 Å². The van der Waals surface area contributed by atoms with Crippen molar-refractivity contribution >= 4 is 5.91 Å². The Labute approximate surface area is 128 Å². The Hall–Kier alpha value is -2.57. The van der Waals surface area contributed by atoms with Crippen LogP contribution in [-0.2, 0) is 13.0 Å². The van der Waals surface area contributed by atoms with Crippen molar-refractivity contribution in [1.82, 2.24) is 20.1 Å². The molecular formula is C15H18N4O3. The van der Waals surface area contributed by atoms with Crippen LogP contribution in [0.2, 0.25) is 0 Å². The molecule has 0 fully saturated rings. The maximum absolute atomic E-state index is 12.5. The highest BCUT2D eigenvalue weighted by atomic mass is 16.5. The summed E-state index contributed by atoms with van der Waals surface area (Å²) in [6, 6.07) is 5.19. The number of benzene rings is 1. The number of nitrogens with one attached hydrogen (secondary N) is 1. The fourth-order valence-electron chi connectivity index (χ4n) is 2.61. The smallest absolute Gasteiger partial charge is 0.255 e. The number of aromatic nitrogens is 3. The third-order valence-electron chi connectivity index (χ3n) is 3.79. The van der Waals surface area contributed by atoms with Gasteiger partial charge in [-0.2, -0.15) is 5.10 Å². The number of fused-ring (bicyclic) bond motifs is 1. The fraction of sp³-hybridized carbons (Fsp3) is 0.400. The lowest BCUT2D eigenvalue weighted by Gasteiger charge is -2.24. The van der Waals surface area contributed by atoms with Gasteiger partial charge >= 0.3 is 0 Å².